The van der Waals surface area contributed by atoms with Gasteiger partial charge in [-0.1, -0.05) is 45.1 Å². The first-order chi connectivity index (χ1) is 10.3. The molecule has 0 bridgehead atoms. The van der Waals surface area contributed by atoms with Gasteiger partial charge in [0.2, 0.25) is 0 Å². The largest absolute Gasteiger partial charge is 0.529 e. The van der Waals surface area contributed by atoms with Gasteiger partial charge in [-0.3, -0.25) is 0 Å². The highest BCUT2D eigenvalue weighted by Crippen LogP contribution is 2.33. The molecule has 3 aliphatic rings. The molecule has 0 amide bonds. The molecule has 120 valence electrons. The van der Waals surface area contributed by atoms with Gasteiger partial charge in [0.05, 0.1) is 0 Å². The highest BCUT2D eigenvalue weighted by molar-refractivity contribution is 6.66. The van der Waals surface area contributed by atoms with E-state index < -0.39 is 8.80 Å². The van der Waals surface area contributed by atoms with Crippen LogP contribution in [0, 0.1) is 0 Å². The number of rotatable bonds is 7. The fraction of sp³-hybridized carbons (Fsp3) is 0.882. The van der Waals surface area contributed by atoms with E-state index >= 15 is 0 Å². The summed E-state index contributed by atoms with van der Waals surface area (Å²) in [5, 5.41) is 0. The summed E-state index contributed by atoms with van der Waals surface area (Å²) in [7, 11) is -2.70. The summed E-state index contributed by atoms with van der Waals surface area (Å²) < 4.78 is 19.3. The first-order valence-electron chi connectivity index (χ1n) is 8.97. The molecule has 0 unspecified atom stereocenters. The molecule has 21 heavy (non-hydrogen) atoms. The SMILES string of the molecule is C=C[Si](OC1CCCC1)(OC1CCCC1)OC1CCCC1. The summed E-state index contributed by atoms with van der Waals surface area (Å²) in [6, 6.07) is 0. The van der Waals surface area contributed by atoms with Crippen molar-refractivity contribution in [1.29, 1.82) is 0 Å². The van der Waals surface area contributed by atoms with Crippen LogP contribution < -0.4 is 0 Å². The molecule has 0 aliphatic heterocycles. The molecule has 3 nitrogen and oxygen atoms in total. The summed E-state index contributed by atoms with van der Waals surface area (Å²) in [6.45, 7) is 4.05. The summed E-state index contributed by atoms with van der Waals surface area (Å²) in [6.07, 6.45) is 15.6. The molecule has 0 spiro atoms. The van der Waals surface area contributed by atoms with E-state index in [0.29, 0.717) is 18.3 Å². The third-order valence-electron chi connectivity index (χ3n) is 5.15. The second-order valence-electron chi connectivity index (χ2n) is 6.88. The summed E-state index contributed by atoms with van der Waals surface area (Å²) in [5.41, 5.74) is 1.90. The van der Waals surface area contributed by atoms with Crippen LogP contribution in [-0.4, -0.2) is 27.1 Å². The van der Waals surface area contributed by atoms with E-state index in [1.54, 1.807) is 0 Å². The Labute approximate surface area is 130 Å². The molecule has 3 saturated carbocycles. The molecule has 3 fully saturated rings. The monoisotopic (exact) mass is 310 g/mol. The van der Waals surface area contributed by atoms with Gasteiger partial charge in [0, 0.05) is 18.3 Å². The molecular weight excluding hydrogens is 280 g/mol. The second-order valence-corrected chi connectivity index (χ2v) is 9.20. The van der Waals surface area contributed by atoms with Crippen molar-refractivity contribution in [3.63, 3.8) is 0 Å². The van der Waals surface area contributed by atoms with E-state index in [4.69, 9.17) is 13.3 Å². The molecule has 0 aromatic rings. The van der Waals surface area contributed by atoms with Crippen LogP contribution in [0.2, 0.25) is 0 Å². The highest BCUT2D eigenvalue weighted by atomic mass is 28.4. The number of hydrogen-bond donors (Lipinski definition) is 0. The van der Waals surface area contributed by atoms with Crippen LogP contribution in [0.1, 0.15) is 77.0 Å². The summed E-state index contributed by atoms with van der Waals surface area (Å²) in [5.74, 6) is 0. The van der Waals surface area contributed by atoms with Crippen LogP contribution in [-0.2, 0) is 13.3 Å². The minimum absolute atomic E-state index is 0.331. The molecule has 4 heteroatoms. The average Bonchev–Trinajstić information content (AvgIpc) is 3.21. The van der Waals surface area contributed by atoms with Gasteiger partial charge in [-0.25, -0.2) is 0 Å². The van der Waals surface area contributed by atoms with Crippen molar-refractivity contribution in [2.24, 2.45) is 0 Å². The summed E-state index contributed by atoms with van der Waals surface area (Å²) in [4.78, 5) is 0. The summed E-state index contributed by atoms with van der Waals surface area (Å²) >= 11 is 0. The van der Waals surface area contributed by atoms with E-state index in [1.165, 1.54) is 38.5 Å². The van der Waals surface area contributed by atoms with Gasteiger partial charge in [-0.15, -0.1) is 0 Å². The highest BCUT2D eigenvalue weighted by Gasteiger charge is 2.46. The minimum atomic E-state index is -2.70. The van der Waals surface area contributed by atoms with Crippen molar-refractivity contribution >= 4 is 8.80 Å². The normalized spacial score (nSPS) is 25.9. The van der Waals surface area contributed by atoms with Crippen molar-refractivity contribution in [2.75, 3.05) is 0 Å². The Balaban J connectivity index is 1.67. The lowest BCUT2D eigenvalue weighted by molar-refractivity contribution is -0.00573. The van der Waals surface area contributed by atoms with Gasteiger partial charge in [0.1, 0.15) is 0 Å². The van der Waals surface area contributed by atoms with Crippen molar-refractivity contribution < 1.29 is 13.3 Å². The third-order valence-corrected chi connectivity index (χ3v) is 7.63. The third kappa shape index (κ3) is 4.18. The Bertz CT molecular complexity index is 283. The smallest absolute Gasteiger partial charge is 0.367 e. The molecule has 3 rings (SSSR count). The van der Waals surface area contributed by atoms with Gasteiger partial charge in [0.25, 0.3) is 0 Å². The van der Waals surface area contributed by atoms with Crippen LogP contribution in [0.4, 0.5) is 0 Å². The zero-order chi connectivity index (χ0) is 14.5. The Kier molecular flexibility index (Phi) is 5.54. The predicted molar refractivity (Wildman–Crippen MR) is 86.0 cm³/mol. The van der Waals surface area contributed by atoms with Crippen LogP contribution in [0.3, 0.4) is 0 Å². The first-order valence-corrected chi connectivity index (χ1v) is 10.8. The lowest BCUT2D eigenvalue weighted by Gasteiger charge is -2.34. The fourth-order valence-corrected chi connectivity index (χ4v) is 6.50. The van der Waals surface area contributed by atoms with Crippen LogP contribution in [0.5, 0.6) is 0 Å². The minimum Gasteiger partial charge on any atom is -0.367 e. The lowest BCUT2D eigenvalue weighted by Crippen LogP contribution is -2.50. The van der Waals surface area contributed by atoms with Crippen molar-refractivity contribution in [3.8, 4) is 0 Å². The van der Waals surface area contributed by atoms with Crippen molar-refractivity contribution in [3.05, 3.63) is 12.3 Å². The van der Waals surface area contributed by atoms with Crippen LogP contribution in [0.25, 0.3) is 0 Å². The molecule has 3 aliphatic carbocycles. The molecule has 0 radical (unpaired) electrons. The van der Waals surface area contributed by atoms with Gasteiger partial charge in [0.15, 0.2) is 0 Å². The molecule has 0 heterocycles. The Hall–Kier alpha value is -0.163. The van der Waals surface area contributed by atoms with E-state index in [1.807, 2.05) is 5.70 Å². The first kappa shape index (κ1) is 15.7. The molecule has 0 aromatic heterocycles. The fourth-order valence-electron chi connectivity index (χ4n) is 3.94. The maximum Gasteiger partial charge on any atom is 0.529 e. The van der Waals surface area contributed by atoms with Gasteiger partial charge >= 0.3 is 8.80 Å². The standard InChI is InChI=1S/C17H30O3Si/c1-2-21(18-15-9-3-4-10-15,19-16-11-5-6-12-16)20-17-13-7-8-14-17/h2,15-17H,1,3-14H2. The van der Waals surface area contributed by atoms with E-state index in [2.05, 4.69) is 6.58 Å². The zero-order valence-corrected chi connectivity index (χ0v) is 14.2. The second kappa shape index (κ2) is 7.40. The van der Waals surface area contributed by atoms with Crippen molar-refractivity contribution in [1.82, 2.24) is 0 Å². The van der Waals surface area contributed by atoms with Gasteiger partial charge in [-0.05, 0) is 44.2 Å². The number of hydrogen-bond acceptors (Lipinski definition) is 3. The quantitative estimate of drug-likeness (QED) is 0.647. The Morgan fingerprint density at radius 2 is 0.905 bits per heavy atom. The van der Waals surface area contributed by atoms with E-state index in [0.717, 1.165) is 38.5 Å². The predicted octanol–water partition coefficient (Wildman–Crippen LogP) is 4.53. The molecule has 0 saturated heterocycles. The van der Waals surface area contributed by atoms with Crippen LogP contribution >= 0.6 is 0 Å². The maximum absolute atomic E-state index is 6.45. The molecular formula is C17H30O3Si. The van der Waals surface area contributed by atoms with E-state index in [-0.39, 0.29) is 0 Å². The maximum atomic E-state index is 6.45. The van der Waals surface area contributed by atoms with Crippen molar-refractivity contribution in [2.45, 2.75) is 95.4 Å². The zero-order valence-electron chi connectivity index (χ0n) is 13.2. The molecule has 0 atom stereocenters. The van der Waals surface area contributed by atoms with E-state index in [9.17, 15) is 0 Å². The topological polar surface area (TPSA) is 27.7 Å². The lowest BCUT2D eigenvalue weighted by atomic mass is 10.3. The van der Waals surface area contributed by atoms with Gasteiger partial charge < -0.3 is 13.3 Å². The van der Waals surface area contributed by atoms with Crippen LogP contribution in [0.15, 0.2) is 12.3 Å². The Morgan fingerprint density at radius 3 is 1.14 bits per heavy atom. The Morgan fingerprint density at radius 1 is 0.619 bits per heavy atom. The average molecular weight is 311 g/mol. The van der Waals surface area contributed by atoms with Gasteiger partial charge in [-0.2, -0.15) is 0 Å². The molecule has 0 N–H and O–H groups in total. The molecule has 0 aromatic carbocycles.